The molecule has 0 amide bonds. The van der Waals surface area contributed by atoms with Crippen molar-refractivity contribution in [1.29, 1.82) is 5.26 Å². The summed E-state index contributed by atoms with van der Waals surface area (Å²) in [6.07, 6.45) is 6.48. The predicted octanol–water partition coefficient (Wildman–Crippen LogP) is 2.34. The van der Waals surface area contributed by atoms with E-state index in [0.29, 0.717) is 0 Å². The van der Waals surface area contributed by atoms with Crippen LogP contribution in [-0.2, 0) is 0 Å². The van der Waals surface area contributed by atoms with Crippen molar-refractivity contribution in [3.8, 4) is 6.07 Å². The van der Waals surface area contributed by atoms with Gasteiger partial charge in [-0.05, 0) is 37.0 Å². The maximum absolute atomic E-state index is 8.50. The van der Waals surface area contributed by atoms with E-state index in [2.05, 4.69) is 6.07 Å². The topological polar surface area (TPSA) is 23.8 Å². The molecule has 10 heavy (non-hydrogen) atoms. The molecule has 2 fully saturated rings. The maximum Gasteiger partial charge on any atom is 0.0624 e. The first kappa shape index (κ1) is 6.22. The van der Waals surface area contributed by atoms with Crippen LogP contribution in [0.4, 0.5) is 0 Å². The molecular formula is C9H13N. The highest BCUT2D eigenvalue weighted by atomic mass is 14.4. The second kappa shape index (κ2) is 2.27. The predicted molar refractivity (Wildman–Crippen MR) is 39.2 cm³/mol. The molecule has 0 unspecified atom stereocenters. The minimum absolute atomic E-state index is 0.781. The largest absolute Gasteiger partial charge is 0.198 e. The molecule has 0 heterocycles. The summed E-state index contributed by atoms with van der Waals surface area (Å²) in [4.78, 5) is 0. The first-order valence-electron chi connectivity index (χ1n) is 4.27. The van der Waals surface area contributed by atoms with Gasteiger partial charge >= 0.3 is 0 Å². The van der Waals surface area contributed by atoms with Crippen LogP contribution in [0.3, 0.4) is 0 Å². The molecule has 0 aromatic rings. The van der Waals surface area contributed by atoms with Gasteiger partial charge in [0, 0.05) is 6.42 Å². The molecule has 0 aliphatic heterocycles. The van der Waals surface area contributed by atoms with Gasteiger partial charge in [-0.3, -0.25) is 0 Å². The summed E-state index contributed by atoms with van der Waals surface area (Å²) in [6.45, 7) is 0. The Morgan fingerprint density at radius 2 is 2.20 bits per heavy atom. The van der Waals surface area contributed by atoms with Gasteiger partial charge in [-0.1, -0.05) is 6.42 Å². The Kier molecular flexibility index (Phi) is 1.41. The van der Waals surface area contributed by atoms with Crippen molar-refractivity contribution in [2.24, 2.45) is 17.8 Å². The van der Waals surface area contributed by atoms with E-state index < -0.39 is 0 Å². The number of nitrogens with zero attached hydrogens (tertiary/aromatic N) is 1. The van der Waals surface area contributed by atoms with Crippen molar-refractivity contribution in [3.63, 3.8) is 0 Å². The summed E-state index contributed by atoms with van der Waals surface area (Å²) in [7, 11) is 0. The fourth-order valence-corrected chi connectivity index (χ4v) is 2.74. The molecule has 2 bridgehead atoms. The highest BCUT2D eigenvalue weighted by Gasteiger charge is 2.38. The first-order chi connectivity index (χ1) is 4.90. The van der Waals surface area contributed by atoms with Gasteiger partial charge in [0.2, 0.25) is 0 Å². The lowest BCUT2D eigenvalue weighted by molar-refractivity contribution is 0.339. The van der Waals surface area contributed by atoms with Gasteiger partial charge in [0.1, 0.15) is 0 Å². The molecule has 3 atom stereocenters. The van der Waals surface area contributed by atoms with Crippen LogP contribution < -0.4 is 0 Å². The SMILES string of the molecule is N#CC[C@H]1C[C@H]2CC[C@H]1C2. The zero-order valence-electron chi connectivity index (χ0n) is 6.21. The summed E-state index contributed by atoms with van der Waals surface area (Å²) in [5.74, 6) is 2.72. The fourth-order valence-electron chi connectivity index (χ4n) is 2.74. The Morgan fingerprint density at radius 3 is 2.70 bits per heavy atom. The van der Waals surface area contributed by atoms with Crippen molar-refractivity contribution in [3.05, 3.63) is 0 Å². The lowest BCUT2D eigenvalue weighted by Crippen LogP contribution is -2.08. The van der Waals surface area contributed by atoms with E-state index in [-0.39, 0.29) is 0 Å². The van der Waals surface area contributed by atoms with Gasteiger partial charge < -0.3 is 0 Å². The summed E-state index contributed by atoms with van der Waals surface area (Å²) in [5, 5.41) is 8.50. The molecule has 2 aliphatic rings. The minimum Gasteiger partial charge on any atom is -0.198 e. The lowest BCUT2D eigenvalue weighted by Gasteiger charge is -2.17. The van der Waals surface area contributed by atoms with Crippen molar-refractivity contribution < 1.29 is 0 Å². The van der Waals surface area contributed by atoms with E-state index in [1.54, 1.807) is 0 Å². The van der Waals surface area contributed by atoms with Crippen LogP contribution in [0.25, 0.3) is 0 Å². The monoisotopic (exact) mass is 135 g/mol. The zero-order valence-corrected chi connectivity index (χ0v) is 6.21. The van der Waals surface area contributed by atoms with Crippen LogP contribution >= 0.6 is 0 Å². The molecular weight excluding hydrogens is 122 g/mol. The van der Waals surface area contributed by atoms with E-state index >= 15 is 0 Å². The lowest BCUT2D eigenvalue weighted by atomic mass is 9.87. The highest BCUT2D eigenvalue weighted by Crippen LogP contribution is 2.49. The average molecular weight is 135 g/mol. The van der Waals surface area contributed by atoms with Crippen LogP contribution in [0.15, 0.2) is 0 Å². The Balaban J connectivity index is 1.97. The van der Waals surface area contributed by atoms with Gasteiger partial charge in [0.15, 0.2) is 0 Å². The molecule has 0 spiro atoms. The van der Waals surface area contributed by atoms with Crippen molar-refractivity contribution in [2.75, 3.05) is 0 Å². The van der Waals surface area contributed by atoms with E-state index in [0.717, 1.165) is 24.2 Å². The normalized spacial score (nSPS) is 43.7. The number of hydrogen-bond donors (Lipinski definition) is 0. The second-order valence-corrected chi connectivity index (χ2v) is 3.80. The van der Waals surface area contributed by atoms with Gasteiger partial charge in [-0.25, -0.2) is 0 Å². The Bertz CT molecular complexity index is 168. The second-order valence-electron chi connectivity index (χ2n) is 3.80. The maximum atomic E-state index is 8.50. The Morgan fingerprint density at radius 1 is 1.30 bits per heavy atom. The van der Waals surface area contributed by atoms with E-state index in [1.165, 1.54) is 25.7 Å². The van der Waals surface area contributed by atoms with Gasteiger partial charge in [-0.15, -0.1) is 0 Å². The van der Waals surface area contributed by atoms with Gasteiger partial charge in [0.25, 0.3) is 0 Å². The summed E-state index contributed by atoms with van der Waals surface area (Å²) < 4.78 is 0. The van der Waals surface area contributed by atoms with Crippen LogP contribution in [0.1, 0.15) is 32.1 Å². The molecule has 2 saturated carbocycles. The molecule has 0 saturated heterocycles. The molecule has 54 valence electrons. The quantitative estimate of drug-likeness (QED) is 0.541. The molecule has 0 aromatic carbocycles. The third-order valence-corrected chi connectivity index (χ3v) is 3.24. The first-order valence-corrected chi connectivity index (χ1v) is 4.27. The molecule has 0 radical (unpaired) electrons. The zero-order chi connectivity index (χ0) is 6.97. The Hall–Kier alpha value is -0.510. The van der Waals surface area contributed by atoms with Crippen molar-refractivity contribution in [1.82, 2.24) is 0 Å². The van der Waals surface area contributed by atoms with Crippen LogP contribution in [0, 0.1) is 29.1 Å². The number of rotatable bonds is 1. The molecule has 2 rings (SSSR count). The van der Waals surface area contributed by atoms with Crippen LogP contribution in [0.5, 0.6) is 0 Å². The average Bonchev–Trinajstić information content (AvgIpc) is 2.48. The molecule has 0 aromatic heterocycles. The number of hydrogen-bond acceptors (Lipinski definition) is 1. The Labute approximate surface area is 62.0 Å². The summed E-state index contributed by atoms with van der Waals surface area (Å²) >= 11 is 0. The third-order valence-electron chi connectivity index (χ3n) is 3.24. The summed E-state index contributed by atoms with van der Waals surface area (Å²) in [5.41, 5.74) is 0. The van der Waals surface area contributed by atoms with Gasteiger partial charge in [0.05, 0.1) is 6.07 Å². The minimum atomic E-state index is 0.781. The third kappa shape index (κ3) is 0.831. The summed E-state index contributed by atoms with van der Waals surface area (Å²) in [6, 6.07) is 2.29. The van der Waals surface area contributed by atoms with Crippen LogP contribution in [-0.4, -0.2) is 0 Å². The molecule has 0 N–H and O–H groups in total. The van der Waals surface area contributed by atoms with E-state index in [1.807, 2.05) is 0 Å². The van der Waals surface area contributed by atoms with E-state index in [9.17, 15) is 0 Å². The smallest absolute Gasteiger partial charge is 0.0624 e. The van der Waals surface area contributed by atoms with Crippen molar-refractivity contribution >= 4 is 0 Å². The number of nitriles is 1. The fraction of sp³-hybridized carbons (Fsp3) is 0.889. The molecule has 1 nitrogen and oxygen atoms in total. The van der Waals surface area contributed by atoms with Gasteiger partial charge in [-0.2, -0.15) is 5.26 Å². The van der Waals surface area contributed by atoms with Crippen molar-refractivity contribution in [2.45, 2.75) is 32.1 Å². The number of fused-ring (bicyclic) bond motifs is 2. The standard InChI is InChI=1S/C9H13N/c10-4-3-9-6-7-1-2-8(9)5-7/h7-9H,1-3,5-6H2/t7-,8-,9-/m0/s1. The molecule has 2 aliphatic carbocycles. The highest BCUT2D eigenvalue weighted by molar-refractivity contribution is 4.93. The molecule has 1 heteroatoms. The van der Waals surface area contributed by atoms with E-state index in [4.69, 9.17) is 5.26 Å². The van der Waals surface area contributed by atoms with Crippen LogP contribution in [0.2, 0.25) is 0 Å².